The molecule has 3 aromatic rings. The van der Waals surface area contributed by atoms with Gasteiger partial charge in [-0.3, -0.25) is 0 Å². The lowest BCUT2D eigenvalue weighted by atomic mass is 9.84. The fourth-order valence-electron chi connectivity index (χ4n) is 2.47. The predicted molar refractivity (Wildman–Crippen MR) is 80.0 cm³/mol. The Bertz CT molecular complexity index is 732. The van der Waals surface area contributed by atoms with Crippen molar-refractivity contribution in [2.45, 2.75) is 13.3 Å². The van der Waals surface area contributed by atoms with Crippen LogP contribution in [-0.4, -0.2) is 17.2 Å². The van der Waals surface area contributed by atoms with Crippen molar-refractivity contribution in [1.82, 2.24) is 0 Å². The van der Waals surface area contributed by atoms with Crippen LogP contribution in [-0.2, 0) is 6.42 Å². The van der Waals surface area contributed by atoms with Crippen LogP contribution in [0.15, 0.2) is 52.9 Å². The standard InChI is InChI=1S/C16H15BO3/c1-11-14-10-13(9-12-5-3-2-4-6-12)7-8-15(14)20-16(11)17(18)19/h2-8,10,18-19H,9H2,1H3. The molecule has 1 aromatic heterocycles. The molecule has 3 nitrogen and oxygen atoms in total. The summed E-state index contributed by atoms with van der Waals surface area (Å²) < 4.78 is 5.47. The van der Waals surface area contributed by atoms with Gasteiger partial charge >= 0.3 is 7.12 Å². The molecule has 4 heteroatoms. The first-order valence-electron chi connectivity index (χ1n) is 6.57. The van der Waals surface area contributed by atoms with Crippen molar-refractivity contribution in [2.75, 3.05) is 0 Å². The van der Waals surface area contributed by atoms with Crippen molar-refractivity contribution in [3.63, 3.8) is 0 Å². The number of rotatable bonds is 3. The van der Waals surface area contributed by atoms with Crippen LogP contribution in [0.1, 0.15) is 16.7 Å². The van der Waals surface area contributed by atoms with Crippen molar-refractivity contribution in [1.29, 1.82) is 0 Å². The lowest BCUT2D eigenvalue weighted by Gasteiger charge is -2.02. The van der Waals surface area contributed by atoms with E-state index in [0.29, 0.717) is 5.58 Å². The Hall–Kier alpha value is -2.04. The van der Waals surface area contributed by atoms with Crippen LogP contribution >= 0.6 is 0 Å². The van der Waals surface area contributed by atoms with Gasteiger partial charge in [0.25, 0.3) is 0 Å². The maximum atomic E-state index is 9.27. The average molecular weight is 266 g/mol. The molecule has 20 heavy (non-hydrogen) atoms. The first kappa shape index (κ1) is 13.0. The molecular formula is C16H15BO3. The molecule has 0 aliphatic carbocycles. The summed E-state index contributed by atoms with van der Waals surface area (Å²) in [5, 5.41) is 19.5. The minimum Gasteiger partial charge on any atom is -0.464 e. The van der Waals surface area contributed by atoms with Crippen LogP contribution in [0.5, 0.6) is 0 Å². The van der Waals surface area contributed by atoms with E-state index in [4.69, 9.17) is 4.42 Å². The van der Waals surface area contributed by atoms with E-state index in [1.807, 2.05) is 43.3 Å². The molecule has 0 fully saturated rings. The molecule has 0 spiro atoms. The second-order valence-electron chi connectivity index (χ2n) is 4.96. The second-order valence-corrected chi connectivity index (χ2v) is 4.96. The van der Waals surface area contributed by atoms with Gasteiger partial charge in [0.1, 0.15) is 11.2 Å². The average Bonchev–Trinajstić information content (AvgIpc) is 2.77. The smallest absolute Gasteiger partial charge is 0.464 e. The van der Waals surface area contributed by atoms with Gasteiger partial charge in [-0.05, 0) is 42.2 Å². The van der Waals surface area contributed by atoms with Gasteiger partial charge in [0, 0.05) is 5.39 Å². The normalized spacial score (nSPS) is 10.9. The highest BCUT2D eigenvalue weighted by Gasteiger charge is 2.21. The summed E-state index contributed by atoms with van der Waals surface area (Å²) in [5.41, 5.74) is 4.10. The van der Waals surface area contributed by atoms with Crippen LogP contribution in [0.4, 0.5) is 0 Å². The number of furan rings is 1. The number of benzene rings is 2. The molecule has 0 saturated heterocycles. The fourth-order valence-corrected chi connectivity index (χ4v) is 2.47. The van der Waals surface area contributed by atoms with Crippen molar-refractivity contribution < 1.29 is 14.5 Å². The number of hydrogen-bond acceptors (Lipinski definition) is 3. The van der Waals surface area contributed by atoms with E-state index in [9.17, 15) is 10.0 Å². The summed E-state index contributed by atoms with van der Waals surface area (Å²) in [6.07, 6.45) is 0.846. The Balaban J connectivity index is 2.00. The summed E-state index contributed by atoms with van der Waals surface area (Å²) in [7, 11) is -1.57. The van der Waals surface area contributed by atoms with Gasteiger partial charge < -0.3 is 14.5 Å². The Labute approximate surface area is 117 Å². The van der Waals surface area contributed by atoms with E-state index in [1.165, 1.54) is 11.1 Å². The lowest BCUT2D eigenvalue weighted by molar-refractivity contribution is 0.412. The molecule has 2 aromatic carbocycles. The van der Waals surface area contributed by atoms with Crippen LogP contribution in [0.25, 0.3) is 11.0 Å². The zero-order valence-corrected chi connectivity index (χ0v) is 11.2. The van der Waals surface area contributed by atoms with Crippen molar-refractivity contribution >= 4 is 23.7 Å². The first-order valence-corrected chi connectivity index (χ1v) is 6.57. The summed E-state index contributed by atoms with van der Waals surface area (Å²) in [6, 6.07) is 16.2. The van der Waals surface area contributed by atoms with E-state index in [2.05, 4.69) is 12.1 Å². The number of fused-ring (bicyclic) bond motifs is 1. The predicted octanol–water partition coefficient (Wildman–Crippen LogP) is 2.01. The Morgan fingerprint density at radius 2 is 1.75 bits per heavy atom. The zero-order valence-electron chi connectivity index (χ0n) is 11.2. The fraction of sp³-hybridized carbons (Fsp3) is 0.125. The highest BCUT2D eigenvalue weighted by Crippen LogP contribution is 2.22. The molecule has 0 saturated carbocycles. The van der Waals surface area contributed by atoms with Gasteiger partial charge in [-0.15, -0.1) is 0 Å². The van der Waals surface area contributed by atoms with Crippen molar-refractivity contribution in [3.8, 4) is 0 Å². The minimum atomic E-state index is -1.57. The van der Waals surface area contributed by atoms with Gasteiger partial charge in [-0.2, -0.15) is 0 Å². The molecule has 1 heterocycles. The summed E-state index contributed by atoms with van der Waals surface area (Å²) >= 11 is 0. The third-order valence-corrected chi connectivity index (χ3v) is 3.52. The van der Waals surface area contributed by atoms with Crippen molar-refractivity contribution in [2.24, 2.45) is 0 Å². The van der Waals surface area contributed by atoms with E-state index in [0.717, 1.165) is 17.4 Å². The topological polar surface area (TPSA) is 53.6 Å². The van der Waals surface area contributed by atoms with Crippen LogP contribution < -0.4 is 5.66 Å². The highest BCUT2D eigenvalue weighted by molar-refractivity contribution is 6.58. The van der Waals surface area contributed by atoms with Crippen LogP contribution in [0, 0.1) is 6.92 Å². The number of aryl methyl sites for hydroxylation is 1. The SMILES string of the molecule is Cc1c(B(O)O)oc2ccc(Cc3ccccc3)cc12. The monoisotopic (exact) mass is 266 g/mol. The van der Waals surface area contributed by atoms with Gasteiger partial charge in [-0.1, -0.05) is 36.4 Å². The highest BCUT2D eigenvalue weighted by atomic mass is 16.4. The Kier molecular flexibility index (Phi) is 3.34. The molecule has 100 valence electrons. The van der Waals surface area contributed by atoms with E-state index in [-0.39, 0.29) is 5.66 Å². The third kappa shape index (κ3) is 2.35. The molecule has 0 radical (unpaired) electrons. The maximum absolute atomic E-state index is 9.27. The van der Waals surface area contributed by atoms with Crippen LogP contribution in [0.2, 0.25) is 0 Å². The van der Waals surface area contributed by atoms with E-state index < -0.39 is 7.12 Å². The van der Waals surface area contributed by atoms with Crippen LogP contribution in [0.3, 0.4) is 0 Å². The summed E-state index contributed by atoms with van der Waals surface area (Å²) in [5.74, 6) is 0. The largest absolute Gasteiger partial charge is 0.526 e. The van der Waals surface area contributed by atoms with Gasteiger partial charge in [0.2, 0.25) is 0 Å². The summed E-state index contributed by atoms with van der Waals surface area (Å²) in [4.78, 5) is 0. The minimum absolute atomic E-state index is 0.219. The molecule has 0 unspecified atom stereocenters. The zero-order chi connectivity index (χ0) is 14.1. The maximum Gasteiger partial charge on any atom is 0.526 e. The molecule has 0 atom stereocenters. The molecular weight excluding hydrogens is 251 g/mol. The van der Waals surface area contributed by atoms with E-state index in [1.54, 1.807) is 0 Å². The van der Waals surface area contributed by atoms with E-state index >= 15 is 0 Å². The Morgan fingerprint density at radius 1 is 1.00 bits per heavy atom. The molecule has 0 amide bonds. The van der Waals surface area contributed by atoms with Gasteiger partial charge in [0.05, 0.1) is 0 Å². The van der Waals surface area contributed by atoms with Gasteiger partial charge in [-0.25, -0.2) is 0 Å². The van der Waals surface area contributed by atoms with Crippen molar-refractivity contribution in [3.05, 3.63) is 65.2 Å². The Morgan fingerprint density at radius 3 is 2.45 bits per heavy atom. The molecule has 3 rings (SSSR count). The molecule has 2 N–H and O–H groups in total. The molecule has 0 aliphatic rings. The molecule has 0 bridgehead atoms. The third-order valence-electron chi connectivity index (χ3n) is 3.52. The second kappa shape index (κ2) is 5.15. The quantitative estimate of drug-likeness (QED) is 0.713. The summed E-state index contributed by atoms with van der Waals surface area (Å²) in [6.45, 7) is 1.84. The van der Waals surface area contributed by atoms with Gasteiger partial charge in [0.15, 0.2) is 0 Å². The number of hydrogen-bond donors (Lipinski definition) is 2. The lowest BCUT2D eigenvalue weighted by Crippen LogP contribution is -2.30. The first-order chi connectivity index (χ1) is 9.65. The molecule has 0 aliphatic heterocycles.